The van der Waals surface area contributed by atoms with Gasteiger partial charge in [-0.2, -0.15) is 0 Å². The number of amidine groups is 1. The van der Waals surface area contributed by atoms with Crippen LogP contribution in [-0.4, -0.2) is 23.2 Å². The first-order chi connectivity index (χ1) is 10.2. The number of furan rings is 1. The van der Waals surface area contributed by atoms with Crippen molar-refractivity contribution in [2.24, 2.45) is 10.9 Å². The third-order valence-corrected chi connectivity index (χ3v) is 5.27. The summed E-state index contributed by atoms with van der Waals surface area (Å²) in [6, 6.07) is 5.18. The molecule has 2 aliphatic rings. The third kappa shape index (κ3) is 1.83. The fourth-order valence-electron chi connectivity index (χ4n) is 2.91. The summed E-state index contributed by atoms with van der Waals surface area (Å²) in [5.41, 5.74) is 2.53. The molecule has 4 rings (SSSR count). The molecule has 0 saturated carbocycles. The van der Waals surface area contributed by atoms with Crippen LogP contribution in [0.25, 0.3) is 16.7 Å². The Bertz CT molecular complexity index is 791. The molecule has 108 valence electrons. The lowest BCUT2D eigenvalue weighted by Gasteiger charge is -2.19. The summed E-state index contributed by atoms with van der Waals surface area (Å²) in [6.07, 6.45) is 1.55. The Labute approximate surface area is 126 Å². The number of thioether (sulfide) groups is 1. The highest BCUT2D eigenvalue weighted by Gasteiger charge is 2.35. The van der Waals surface area contributed by atoms with E-state index in [1.807, 2.05) is 12.1 Å². The zero-order valence-electron chi connectivity index (χ0n) is 11.9. The van der Waals surface area contributed by atoms with Crippen molar-refractivity contribution in [2.45, 2.75) is 13.8 Å². The number of nitrogens with zero attached hydrogens (tertiary/aromatic N) is 2. The van der Waals surface area contributed by atoms with Crippen LogP contribution in [0.3, 0.4) is 0 Å². The van der Waals surface area contributed by atoms with Gasteiger partial charge in [0.1, 0.15) is 0 Å². The fraction of sp³-hybridized carbons (Fsp3) is 0.312. The number of aliphatic imine (C=N–C) groups is 1. The van der Waals surface area contributed by atoms with Gasteiger partial charge in [0.25, 0.3) is 0 Å². The van der Waals surface area contributed by atoms with Crippen LogP contribution in [0.4, 0.5) is 4.39 Å². The number of fused-ring (bicyclic) bond motifs is 2. The predicted octanol–water partition coefficient (Wildman–Crippen LogP) is 4.31. The lowest BCUT2D eigenvalue weighted by Crippen LogP contribution is -2.20. The lowest BCUT2D eigenvalue weighted by molar-refractivity contribution is 0.560. The molecule has 0 fully saturated rings. The number of allylic oxidation sites excluding steroid dienone is 1. The van der Waals surface area contributed by atoms with Crippen molar-refractivity contribution in [3.05, 3.63) is 40.7 Å². The number of hydrogen-bond donors (Lipinski definition) is 0. The maximum Gasteiger partial charge on any atom is 0.170 e. The Kier molecular flexibility index (Phi) is 2.85. The van der Waals surface area contributed by atoms with Gasteiger partial charge in [0.2, 0.25) is 0 Å². The Morgan fingerprint density at radius 1 is 1.33 bits per heavy atom. The van der Waals surface area contributed by atoms with Gasteiger partial charge in [-0.25, -0.2) is 4.39 Å². The molecule has 0 amide bonds. The molecule has 0 unspecified atom stereocenters. The van der Waals surface area contributed by atoms with Crippen molar-refractivity contribution in [3.63, 3.8) is 0 Å². The molecule has 0 bridgehead atoms. The SMILES string of the molecule is CC(C)C1=C(c2ccc(F)c3occc23)N2CCN=C2S1. The van der Waals surface area contributed by atoms with Gasteiger partial charge < -0.3 is 9.32 Å². The summed E-state index contributed by atoms with van der Waals surface area (Å²) in [6.45, 7) is 6.08. The first-order valence-corrected chi connectivity index (χ1v) is 7.88. The van der Waals surface area contributed by atoms with Gasteiger partial charge in [0.05, 0.1) is 18.5 Å². The van der Waals surface area contributed by atoms with Crippen molar-refractivity contribution in [1.82, 2.24) is 4.90 Å². The normalized spacial score (nSPS) is 18.1. The molecule has 3 nitrogen and oxygen atoms in total. The Morgan fingerprint density at radius 3 is 3.00 bits per heavy atom. The van der Waals surface area contributed by atoms with E-state index in [1.165, 1.54) is 11.0 Å². The minimum absolute atomic E-state index is 0.314. The highest BCUT2D eigenvalue weighted by molar-refractivity contribution is 8.17. The molecule has 0 atom stereocenters. The summed E-state index contributed by atoms with van der Waals surface area (Å²) in [5.74, 6) is 0.0942. The molecule has 0 aliphatic carbocycles. The van der Waals surface area contributed by atoms with Gasteiger partial charge in [-0.05, 0) is 24.1 Å². The number of halogens is 1. The summed E-state index contributed by atoms with van der Waals surface area (Å²) in [4.78, 5) is 8.10. The zero-order chi connectivity index (χ0) is 14.6. The van der Waals surface area contributed by atoms with Gasteiger partial charge >= 0.3 is 0 Å². The number of hydrogen-bond acceptors (Lipinski definition) is 4. The van der Waals surface area contributed by atoms with Gasteiger partial charge in [0, 0.05) is 22.4 Å². The highest BCUT2D eigenvalue weighted by atomic mass is 32.2. The Balaban J connectivity index is 1.97. The van der Waals surface area contributed by atoms with Crippen molar-refractivity contribution in [1.29, 1.82) is 0 Å². The lowest BCUT2D eigenvalue weighted by atomic mass is 10.0. The van der Waals surface area contributed by atoms with Gasteiger partial charge in [-0.1, -0.05) is 25.6 Å². The zero-order valence-corrected chi connectivity index (χ0v) is 12.7. The van der Waals surface area contributed by atoms with Crippen LogP contribution in [0.2, 0.25) is 0 Å². The topological polar surface area (TPSA) is 28.7 Å². The van der Waals surface area contributed by atoms with Crippen LogP contribution in [0.1, 0.15) is 19.4 Å². The van der Waals surface area contributed by atoms with E-state index in [1.54, 1.807) is 18.0 Å². The summed E-state index contributed by atoms with van der Waals surface area (Å²) in [7, 11) is 0. The molecule has 3 heterocycles. The standard InChI is InChI=1S/C16H15FN2OS/c1-9(2)15-13(19-7-6-18-16(19)21-15)10-3-4-12(17)14-11(10)5-8-20-14/h3-5,8-9H,6-7H2,1-2H3. The molecular weight excluding hydrogens is 287 g/mol. The monoisotopic (exact) mass is 302 g/mol. The molecule has 1 aromatic heterocycles. The van der Waals surface area contributed by atoms with E-state index >= 15 is 0 Å². The minimum atomic E-state index is -0.314. The molecule has 1 aromatic carbocycles. The molecule has 5 heteroatoms. The maximum atomic E-state index is 13.9. The average Bonchev–Trinajstić information content (AvgIpc) is 3.13. The van der Waals surface area contributed by atoms with E-state index in [-0.39, 0.29) is 5.82 Å². The average molecular weight is 302 g/mol. The molecule has 2 aliphatic heterocycles. The molecule has 2 aromatic rings. The van der Waals surface area contributed by atoms with Crippen LogP contribution >= 0.6 is 11.8 Å². The Morgan fingerprint density at radius 2 is 2.19 bits per heavy atom. The van der Waals surface area contributed by atoms with E-state index in [0.717, 1.165) is 34.9 Å². The van der Waals surface area contributed by atoms with Crippen LogP contribution < -0.4 is 0 Å². The molecule has 21 heavy (non-hydrogen) atoms. The minimum Gasteiger partial charge on any atom is -0.461 e. The second-order valence-electron chi connectivity index (χ2n) is 5.54. The third-order valence-electron chi connectivity index (χ3n) is 3.85. The summed E-state index contributed by atoms with van der Waals surface area (Å²) in [5, 5.41) is 1.89. The van der Waals surface area contributed by atoms with Crippen molar-refractivity contribution in [2.75, 3.05) is 13.1 Å². The van der Waals surface area contributed by atoms with Gasteiger partial charge in [0.15, 0.2) is 16.6 Å². The van der Waals surface area contributed by atoms with E-state index < -0.39 is 0 Å². The van der Waals surface area contributed by atoms with Gasteiger partial charge in [-0.3, -0.25) is 4.99 Å². The van der Waals surface area contributed by atoms with E-state index in [4.69, 9.17) is 4.42 Å². The summed E-state index contributed by atoms with van der Waals surface area (Å²) >= 11 is 1.74. The molecular formula is C16H15FN2OS. The van der Waals surface area contributed by atoms with Crippen LogP contribution in [0.5, 0.6) is 0 Å². The first kappa shape index (κ1) is 13.0. The van der Waals surface area contributed by atoms with Crippen LogP contribution in [-0.2, 0) is 0 Å². The fourth-order valence-corrected chi connectivity index (χ4v) is 4.10. The van der Waals surface area contributed by atoms with E-state index in [2.05, 4.69) is 23.7 Å². The summed E-state index contributed by atoms with van der Waals surface area (Å²) < 4.78 is 19.2. The second-order valence-corrected chi connectivity index (χ2v) is 6.55. The number of benzene rings is 1. The molecule has 0 saturated heterocycles. The maximum absolute atomic E-state index is 13.9. The molecule has 0 N–H and O–H groups in total. The second kappa shape index (κ2) is 4.63. The molecule has 0 radical (unpaired) electrons. The first-order valence-electron chi connectivity index (χ1n) is 7.07. The Hall–Kier alpha value is -1.75. The van der Waals surface area contributed by atoms with Crippen molar-refractivity contribution in [3.8, 4) is 0 Å². The molecule has 0 spiro atoms. The van der Waals surface area contributed by atoms with Crippen LogP contribution in [0.15, 0.2) is 38.8 Å². The largest absolute Gasteiger partial charge is 0.461 e. The quantitative estimate of drug-likeness (QED) is 0.827. The van der Waals surface area contributed by atoms with Crippen molar-refractivity contribution >= 4 is 33.6 Å². The predicted molar refractivity (Wildman–Crippen MR) is 84.5 cm³/mol. The van der Waals surface area contributed by atoms with Gasteiger partial charge in [-0.15, -0.1) is 0 Å². The number of rotatable bonds is 2. The van der Waals surface area contributed by atoms with Crippen LogP contribution in [0, 0.1) is 11.7 Å². The smallest absolute Gasteiger partial charge is 0.170 e. The van der Waals surface area contributed by atoms with Crippen molar-refractivity contribution < 1.29 is 8.81 Å². The van der Waals surface area contributed by atoms with E-state index in [9.17, 15) is 4.39 Å². The highest BCUT2D eigenvalue weighted by Crippen LogP contribution is 2.46. The van der Waals surface area contributed by atoms with E-state index in [0.29, 0.717) is 11.5 Å².